The molecule has 0 spiro atoms. The Morgan fingerprint density at radius 3 is 2.76 bits per heavy atom. The number of rotatable bonds is 3. The summed E-state index contributed by atoms with van der Waals surface area (Å²) in [6, 6.07) is 13.8. The number of anilines is 1. The molecule has 170 valence electrons. The van der Waals surface area contributed by atoms with Gasteiger partial charge in [0.15, 0.2) is 11.5 Å². The van der Waals surface area contributed by atoms with Crippen LogP contribution in [0.5, 0.6) is 0 Å². The van der Waals surface area contributed by atoms with Gasteiger partial charge in [-0.25, -0.2) is 14.2 Å². The Balaban J connectivity index is 1.66. The first kappa shape index (κ1) is 21.5. The number of nitrogens with one attached hydrogen (secondary N) is 1. The molecule has 1 saturated heterocycles. The molecule has 0 radical (unpaired) electrons. The summed E-state index contributed by atoms with van der Waals surface area (Å²) < 4.78 is 2.04. The molecule has 8 nitrogen and oxygen atoms in total. The van der Waals surface area contributed by atoms with Crippen molar-refractivity contribution in [3.05, 3.63) is 53.1 Å². The molecule has 1 aliphatic rings. The highest BCUT2D eigenvalue weighted by molar-refractivity contribution is 6.31. The molecule has 1 fully saturated rings. The van der Waals surface area contributed by atoms with Gasteiger partial charge in [0.25, 0.3) is 0 Å². The van der Waals surface area contributed by atoms with Crippen LogP contribution in [0.3, 0.4) is 0 Å². The largest absolute Gasteiger partial charge is 0.340 e. The number of halogens is 1. The monoisotopic (exact) mass is 463 g/mol. The zero-order valence-electron chi connectivity index (χ0n) is 18.8. The summed E-state index contributed by atoms with van der Waals surface area (Å²) in [5, 5.41) is 13.6. The van der Waals surface area contributed by atoms with E-state index in [1.165, 1.54) is 0 Å². The van der Waals surface area contributed by atoms with Crippen molar-refractivity contribution in [2.75, 3.05) is 37.6 Å². The lowest BCUT2D eigenvalue weighted by Crippen LogP contribution is -2.42. The van der Waals surface area contributed by atoms with E-state index in [9.17, 15) is 4.79 Å². The Hall–Kier alpha value is -3.39. The first-order chi connectivity index (χ1) is 16.1. The highest BCUT2D eigenvalue weighted by Crippen LogP contribution is 2.31. The average Bonchev–Trinajstić information content (AvgIpc) is 3.09. The maximum atomic E-state index is 12.4. The summed E-state index contributed by atoms with van der Waals surface area (Å²) in [5.74, 6) is 1.52. The second-order valence-electron chi connectivity index (χ2n) is 8.23. The van der Waals surface area contributed by atoms with Gasteiger partial charge in [0, 0.05) is 48.7 Å². The van der Waals surface area contributed by atoms with Gasteiger partial charge in [-0.05, 0) is 44.0 Å². The molecule has 5 rings (SSSR count). The van der Waals surface area contributed by atoms with Crippen LogP contribution in [0.1, 0.15) is 18.9 Å². The Morgan fingerprint density at radius 2 is 1.94 bits per heavy atom. The summed E-state index contributed by atoms with van der Waals surface area (Å²) in [6.45, 7) is 7.38. The van der Waals surface area contributed by atoms with Crippen LogP contribution in [-0.2, 0) is 0 Å². The Morgan fingerprint density at radius 1 is 1.09 bits per heavy atom. The molecular formula is C24H26ClN7O. The van der Waals surface area contributed by atoms with E-state index >= 15 is 0 Å². The van der Waals surface area contributed by atoms with Gasteiger partial charge in [-0.15, -0.1) is 10.2 Å². The predicted molar refractivity (Wildman–Crippen MR) is 131 cm³/mol. The molecule has 9 heteroatoms. The number of hydrogen-bond acceptors (Lipinski definition) is 5. The van der Waals surface area contributed by atoms with Gasteiger partial charge in [0.05, 0.1) is 5.52 Å². The first-order valence-electron chi connectivity index (χ1n) is 11.2. The lowest BCUT2D eigenvalue weighted by Gasteiger charge is -2.24. The number of fused-ring (bicyclic) bond motifs is 3. The summed E-state index contributed by atoms with van der Waals surface area (Å²) in [5.41, 5.74) is 3.65. The fraction of sp³-hybridized carbons (Fsp3) is 0.333. The van der Waals surface area contributed by atoms with Crippen molar-refractivity contribution in [3.8, 4) is 11.4 Å². The number of benzene rings is 2. The fourth-order valence-corrected chi connectivity index (χ4v) is 4.55. The number of hydrogen-bond donors (Lipinski definition) is 1. The first-order valence-corrected chi connectivity index (χ1v) is 11.6. The van der Waals surface area contributed by atoms with Gasteiger partial charge in [0.2, 0.25) is 5.95 Å². The van der Waals surface area contributed by atoms with Gasteiger partial charge in [-0.3, -0.25) is 0 Å². The van der Waals surface area contributed by atoms with Crippen molar-refractivity contribution in [1.29, 1.82) is 0 Å². The maximum absolute atomic E-state index is 12.4. The van der Waals surface area contributed by atoms with E-state index in [0.717, 1.165) is 52.4 Å². The molecule has 2 amide bonds. The van der Waals surface area contributed by atoms with E-state index in [1.807, 2.05) is 46.6 Å². The van der Waals surface area contributed by atoms with Crippen LogP contribution >= 0.6 is 11.6 Å². The zero-order chi connectivity index (χ0) is 22.9. The SMILES string of the molecule is CCNC(=O)N1CCCN(c2nc3cc(Cl)ccc3c3nnc(-c4ccccc4C)n23)CC1. The van der Waals surface area contributed by atoms with Crippen LogP contribution in [0.4, 0.5) is 10.7 Å². The van der Waals surface area contributed by atoms with E-state index in [1.54, 1.807) is 0 Å². The highest BCUT2D eigenvalue weighted by Gasteiger charge is 2.24. The minimum Gasteiger partial charge on any atom is -0.340 e. The molecule has 33 heavy (non-hydrogen) atoms. The Bertz CT molecular complexity index is 1340. The van der Waals surface area contributed by atoms with Crippen molar-refractivity contribution >= 4 is 40.1 Å². The molecular weight excluding hydrogens is 438 g/mol. The van der Waals surface area contributed by atoms with Gasteiger partial charge >= 0.3 is 6.03 Å². The number of aromatic nitrogens is 4. The summed E-state index contributed by atoms with van der Waals surface area (Å²) in [7, 11) is 0. The summed E-state index contributed by atoms with van der Waals surface area (Å²) in [4.78, 5) is 21.5. The average molecular weight is 464 g/mol. The van der Waals surface area contributed by atoms with Crippen molar-refractivity contribution < 1.29 is 4.79 Å². The van der Waals surface area contributed by atoms with Gasteiger partial charge < -0.3 is 15.1 Å². The molecule has 0 aliphatic carbocycles. The number of urea groups is 1. The molecule has 0 saturated carbocycles. The maximum Gasteiger partial charge on any atom is 0.317 e. The molecule has 3 heterocycles. The van der Waals surface area contributed by atoms with Crippen LogP contribution in [0.15, 0.2) is 42.5 Å². The minimum atomic E-state index is -0.0207. The van der Waals surface area contributed by atoms with Crippen LogP contribution in [0.2, 0.25) is 5.02 Å². The highest BCUT2D eigenvalue weighted by atomic mass is 35.5. The number of nitrogens with zero attached hydrogens (tertiary/aromatic N) is 6. The Kier molecular flexibility index (Phi) is 5.76. The van der Waals surface area contributed by atoms with E-state index in [2.05, 4.69) is 39.5 Å². The third-order valence-electron chi connectivity index (χ3n) is 6.06. The van der Waals surface area contributed by atoms with Crippen LogP contribution in [0, 0.1) is 6.92 Å². The molecule has 0 atom stereocenters. The van der Waals surface area contributed by atoms with E-state index < -0.39 is 0 Å². The third kappa shape index (κ3) is 3.95. The molecule has 0 unspecified atom stereocenters. The molecule has 0 bridgehead atoms. The van der Waals surface area contributed by atoms with Gasteiger partial charge in [0.1, 0.15) is 0 Å². The van der Waals surface area contributed by atoms with Crippen molar-refractivity contribution in [2.24, 2.45) is 0 Å². The minimum absolute atomic E-state index is 0.0207. The third-order valence-corrected chi connectivity index (χ3v) is 6.30. The van der Waals surface area contributed by atoms with E-state index in [4.69, 9.17) is 16.6 Å². The predicted octanol–water partition coefficient (Wildman–Crippen LogP) is 4.15. The normalized spacial score (nSPS) is 14.6. The molecule has 1 N–H and O–H groups in total. The standard InChI is InChI=1S/C24H26ClN7O/c1-3-26-24(33)31-12-6-11-30(13-14-31)23-27-20-15-17(25)9-10-19(20)22-29-28-21(32(22)23)18-8-5-4-7-16(18)2/h4-5,7-10,15H,3,6,11-14H2,1-2H3,(H,26,33). The second-order valence-corrected chi connectivity index (χ2v) is 8.67. The summed E-state index contributed by atoms with van der Waals surface area (Å²) >= 11 is 6.29. The Labute approximate surface area is 197 Å². The van der Waals surface area contributed by atoms with Gasteiger partial charge in [-0.1, -0.05) is 35.9 Å². The number of carbonyl (C=O) groups excluding carboxylic acids is 1. The number of amides is 2. The van der Waals surface area contributed by atoms with Gasteiger partial charge in [-0.2, -0.15) is 0 Å². The summed E-state index contributed by atoms with van der Waals surface area (Å²) in [6.07, 6.45) is 0.843. The van der Waals surface area contributed by atoms with Crippen molar-refractivity contribution in [1.82, 2.24) is 29.8 Å². The van der Waals surface area contributed by atoms with Crippen LogP contribution in [0.25, 0.3) is 27.9 Å². The second kappa shape index (κ2) is 8.86. The smallest absolute Gasteiger partial charge is 0.317 e. The number of carbonyl (C=O) groups is 1. The molecule has 4 aromatic rings. The topological polar surface area (TPSA) is 78.7 Å². The molecule has 2 aromatic heterocycles. The van der Waals surface area contributed by atoms with E-state index in [-0.39, 0.29) is 6.03 Å². The lowest BCUT2D eigenvalue weighted by atomic mass is 10.1. The van der Waals surface area contributed by atoms with Crippen molar-refractivity contribution in [3.63, 3.8) is 0 Å². The fourth-order valence-electron chi connectivity index (χ4n) is 4.39. The van der Waals surface area contributed by atoms with Crippen LogP contribution in [-0.4, -0.2) is 63.2 Å². The van der Waals surface area contributed by atoms with Crippen LogP contribution < -0.4 is 10.2 Å². The molecule has 2 aromatic carbocycles. The lowest BCUT2D eigenvalue weighted by molar-refractivity contribution is 0.202. The molecule has 1 aliphatic heterocycles. The van der Waals surface area contributed by atoms with E-state index in [0.29, 0.717) is 31.2 Å². The zero-order valence-corrected chi connectivity index (χ0v) is 19.5. The van der Waals surface area contributed by atoms with Crippen molar-refractivity contribution in [2.45, 2.75) is 20.3 Å². The number of aryl methyl sites for hydroxylation is 1. The quantitative estimate of drug-likeness (QED) is 0.494.